The molecule has 0 aliphatic carbocycles. The Kier molecular flexibility index (Phi) is 2.78. The number of imide groups is 1. The van der Waals surface area contributed by atoms with Crippen molar-refractivity contribution in [2.24, 2.45) is 5.73 Å². The first-order chi connectivity index (χ1) is 7.58. The second kappa shape index (κ2) is 4.09. The summed E-state index contributed by atoms with van der Waals surface area (Å²) in [7, 11) is 0. The predicted octanol–water partition coefficient (Wildman–Crippen LogP) is 0.737. The highest BCUT2D eigenvalue weighted by Crippen LogP contribution is 2.19. The highest BCUT2D eigenvalue weighted by molar-refractivity contribution is 6.01. The van der Waals surface area contributed by atoms with Gasteiger partial charge >= 0.3 is 0 Å². The summed E-state index contributed by atoms with van der Waals surface area (Å²) in [5.41, 5.74) is 5.87. The lowest BCUT2D eigenvalue weighted by Crippen LogP contribution is -2.35. The molecule has 1 fully saturated rings. The third-order valence-corrected chi connectivity index (χ3v) is 2.66. The van der Waals surface area contributed by atoms with Gasteiger partial charge in [0.15, 0.2) is 0 Å². The maximum Gasteiger partial charge on any atom is 0.229 e. The fourth-order valence-electron chi connectivity index (χ4n) is 1.77. The molecule has 1 aromatic heterocycles. The first kappa shape index (κ1) is 10.9. The minimum Gasteiger partial charge on any atom is -0.465 e. The van der Waals surface area contributed by atoms with Crippen LogP contribution in [0.3, 0.4) is 0 Å². The van der Waals surface area contributed by atoms with Crippen molar-refractivity contribution in [2.45, 2.75) is 25.8 Å². The molecule has 1 aliphatic rings. The van der Waals surface area contributed by atoms with Gasteiger partial charge in [-0.15, -0.1) is 0 Å². The fraction of sp³-hybridized carbons (Fsp3) is 0.455. The summed E-state index contributed by atoms with van der Waals surface area (Å²) in [5.74, 6) is 1.07. The van der Waals surface area contributed by atoms with Crippen LogP contribution >= 0.6 is 0 Å². The van der Waals surface area contributed by atoms with Gasteiger partial charge in [0.05, 0.1) is 12.6 Å². The molecule has 5 nitrogen and oxygen atoms in total. The molecule has 0 aromatic carbocycles. The first-order valence-electron chi connectivity index (χ1n) is 5.23. The molecule has 2 amide bonds. The van der Waals surface area contributed by atoms with Gasteiger partial charge < -0.3 is 10.2 Å². The number of nitrogens with two attached hydrogens (primary N) is 1. The Morgan fingerprint density at radius 3 is 2.50 bits per heavy atom. The number of rotatable bonds is 3. The lowest BCUT2D eigenvalue weighted by Gasteiger charge is -2.17. The Morgan fingerprint density at radius 1 is 1.38 bits per heavy atom. The van der Waals surface area contributed by atoms with Crippen LogP contribution in [0, 0.1) is 6.92 Å². The minimum atomic E-state index is -0.445. The molecule has 1 aliphatic heterocycles. The van der Waals surface area contributed by atoms with E-state index in [1.165, 1.54) is 4.90 Å². The van der Waals surface area contributed by atoms with Crippen LogP contribution in [0.4, 0.5) is 0 Å². The summed E-state index contributed by atoms with van der Waals surface area (Å²) in [4.78, 5) is 24.0. The number of furan rings is 1. The molecule has 0 spiro atoms. The van der Waals surface area contributed by atoms with Crippen molar-refractivity contribution < 1.29 is 14.0 Å². The molecule has 0 bridgehead atoms. The Labute approximate surface area is 93.2 Å². The Bertz CT molecular complexity index is 409. The van der Waals surface area contributed by atoms with E-state index in [9.17, 15) is 9.59 Å². The zero-order chi connectivity index (χ0) is 11.7. The van der Waals surface area contributed by atoms with Gasteiger partial charge in [0.2, 0.25) is 11.8 Å². The largest absolute Gasteiger partial charge is 0.465 e. The Morgan fingerprint density at radius 2 is 2.00 bits per heavy atom. The Hall–Kier alpha value is -1.62. The molecule has 1 unspecified atom stereocenters. The van der Waals surface area contributed by atoms with Crippen LogP contribution in [0.15, 0.2) is 16.5 Å². The monoisotopic (exact) mass is 222 g/mol. The molecule has 0 radical (unpaired) electrons. The van der Waals surface area contributed by atoms with Crippen molar-refractivity contribution in [2.75, 3.05) is 6.54 Å². The van der Waals surface area contributed by atoms with Crippen molar-refractivity contribution in [3.05, 3.63) is 23.7 Å². The van der Waals surface area contributed by atoms with Crippen LogP contribution < -0.4 is 5.73 Å². The second-order valence-electron chi connectivity index (χ2n) is 3.95. The summed E-state index contributed by atoms with van der Waals surface area (Å²) in [5, 5.41) is 0. The summed E-state index contributed by atoms with van der Waals surface area (Å²) in [6, 6.07) is 3.13. The molecule has 0 saturated carbocycles. The fourth-order valence-corrected chi connectivity index (χ4v) is 1.77. The molecule has 5 heteroatoms. The number of aryl methyl sites for hydroxylation is 1. The zero-order valence-electron chi connectivity index (χ0n) is 9.10. The number of carbonyl (C=O) groups is 2. The maximum atomic E-state index is 11.4. The van der Waals surface area contributed by atoms with Gasteiger partial charge in [-0.2, -0.15) is 0 Å². The normalized spacial score (nSPS) is 18.2. The van der Waals surface area contributed by atoms with E-state index < -0.39 is 6.04 Å². The summed E-state index contributed by atoms with van der Waals surface area (Å²) >= 11 is 0. The SMILES string of the molecule is Cc1ccc(C(N)CN2C(=O)CCC2=O)o1. The average molecular weight is 222 g/mol. The quantitative estimate of drug-likeness (QED) is 0.765. The van der Waals surface area contributed by atoms with E-state index in [0.29, 0.717) is 18.6 Å². The Balaban J connectivity index is 2.04. The van der Waals surface area contributed by atoms with E-state index >= 15 is 0 Å². The lowest BCUT2D eigenvalue weighted by molar-refractivity contribution is -0.138. The highest BCUT2D eigenvalue weighted by Gasteiger charge is 2.30. The van der Waals surface area contributed by atoms with Crippen molar-refractivity contribution in [3.8, 4) is 0 Å². The minimum absolute atomic E-state index is 0.149. The van der Waals surface area contributed by atoms with Gasteiger partial charge in [-0.1, -0.05) is 0 Å². The first-order valence-corrected chi connectivity index (χ1v) is 5.23. The van der Waals surface area contributed by atoms with Crippen LogP contribution in [-0.4, -0.2) is 23.3 Å². The van der Waals surface area contributed by atoms with Crippen LogP contribution in [0.1, 0.15) is 30.4 Å². The molecular weight excluding hydrogens is 208 g/mol. The zero-order valence-corrected chi connectivity index (χ0v) is 9.10. The van der Waals surface area contributed by atoms with Crippen molar-refractivity contribution >= 4 is 11.8 Å². The van der Waals surface area contributed by atoms with Gasteiger partial charge in [0, 0.05) is 12.8 Å². The number of hydrogen-bond acceptors (Lipinski definition) is 4. The predicted molar refractivity (Wildman–Crippen MR) is 56.3 cm³/mol. The number of carbonyl (C=O) groups excluding carboxylic acids is 2. The van der Waals surface area contributed by atoms with Crippen molar-refractivity contribution in [3.63, 3.8) is 0 Å². The molecule has 2 rings (SSSR count). The van der Waals surface area contributed by atoms with Crippen LogP contribution in [-0.2, 0) is 9.59 Å². The van der Waals surface area contributed by atoms with Crippen LogP contribution in [0.2, 0.25) is 0 Å². The molecule has 16 heavy (non-hydrogen) atoms. The summed E-state index contributed by atoms with van der Waals surface area (Å²) in [6.07, 6.45) is 0.589. The molecule has 2 heterocycles. The highest BCUT2D eigenvalue weighted by atomic mass is 16.3. The van der Waals surface area contributed by atoms with Gasteiger partial charge in [-0.05, 0) is 19.1 Å². The second-order valence-corrected chi connectivity index (χ2v) is 3.95. The van der Waals surface area contributed by atoms with E-state index in [2.05, 4.69) is 0 Å². The van der Waals surface area contributed by atoms with Crippen molar-refractivity contribution in [1.29, 1.82) is 0 Å². The molecule has 1 aromatic rings. The third kappa shape index (κ3) is 1.99. The topological polar surface area (TPSA) is 76.5 Å². The smallest absolute Gasteiger partial charge is 0.229 e. The molecule has 86 valence electrons. The number of amides is 2. The van der Waals surface area contributed by atoms with Crippen molar-refractivity contribution in [1.82, 2.24) is 4.90 Å². The van der Waals surface area contributed by atoms with Crippen LogP contribution in [0.25, 0.3) is 0 Å². The summed E-state index contributed by atoms with van der Waals surface area (Å²) in [6.45, 7) is 2.02. The summed E-state index contributed by atoms with van der Waals surface area (Å²) < 4.78 is 5.35. The number of nitrogens with zero attached hydrogens (tertiary/aromatic N) is 1. The van der Waals surface area contributed by atoms with Crippen LogP contribution in [0.5, 0.6) is 0 Å². The van der Waals surface area contributed by atoms with Gasteiger partial charge in [0.1, 0.15) is 11.5 Å². The van der Waals surface area contributed by atoms with Gasteiger partial charge in [-0.3, -0.25) is 14.5 Å². The van der Waals surface area contributed by atoms with E-state index in [4.69, 9.17) is 10.2 Å². The molecule has 1 atom stereocenters. The standard InChI is InChI=1S/C11H14N2O3/c1-7-2-3-9(16-7)8(12)6-13-10(14)4-5-11(13)15/h2-3,8H,4-6,12H2,1H3. The lowest BCUT2D eigenvalue weighted by atomic mass is 10.2. The maximum absolute atomic E-state index is 11.4. The third-order valence-electron chi connectivity index (χ3n) is 2.66. The molecule has 2 N–H and O–H groups in total. The number of hydrogen-bond donors (Lipinski definition) is 1. The molecular formula is C11H14N2O3. The number of likely N-dealkylation sites (tertiary alicyclic amines) is 1. The van der Waals surface area contributed by atoms with E-state index in [1.807, 2.05) is 13.0 Å². The van der Waals surface area contributed by atoms with E-state index in [1.54, 1.807) is 6.07 Å². The van der Waals surface area contributed by atoms with Gasteiger partial charge in [0.25, 0.3) is 0 Å². The van der Waals surface area contributed by atoms with E-state index in [-0.39, 0.29) is 18.4 Å². The van der Waals surface area contributed by atoms with E-state index in [0.717, 1.165) is 5.76 Å². The van der Waals surface area contributed by atoms with Gasteiger partial charge in [-0.25, -0.2) is 0 Å². The molecule has 1 saturated heterocycles. The average Bonchev–Trinajstić information content (AvgIpc) is 2.79.